The molecule has 1 aromatic rings. The summed E-state index contributed by atoms with van der Waals surface area (Å²) in [7, 11) is 0. The van der Waals surface area contributed by atoms with Crippen molar-refractivity contribution in [3.8, 4) is 0 Å². The second kappa shape index (κ2) is 5.70. The average Bonchev–Trinajstić information content (AvgIpc) is 3.20. The zero-order chi connectivity index (χ0) is 14.6. The normalized spacial score (nSPS) is 23.4. The van der Waals surface area contributed by atoms with Gasteiger partial charge in [0.05, 0.1) is 5.56 Å². The Bertz CT molecular complexity index is 631. The van der Waals surface area contributed by atoms with E-state index in [1.54, 1.807) is 6.07 Å². The number of hydrogen-bond donors (Lipinski definition) is 0. The lowest BCUT2D eigenvalue weighted by molar-refractivity contribution is 0.535. The van der Waals surface area contributed by atoms with E-state index in [-0.39, 0.29) is 6.17 Å². The monoisotopic (exact) mass is 267 g/mol. The quantitative estimate of drug-likeness (QED) is 0.347. The maximum absolute atomic E-state index is 9.03. The minimum Gasteiger partial charge on any atom is -0.311 e. The topological polar surface area (TPSA) is 36.9 Å². The van der Waals surface area contributed by atoms with Crippen LogP contribution in [0, 0.1) is 18.5 Å². The summed E-state index contributed by atoms with van der Waals surface area (Å²) in [6.45, 7) is 18.2. The van der Waals surface area contributed by atoms with E-state index in [1.807, 2.05) is 12.1 Å². The van der Waals surface area contributed by atoms with Crippen LogP contribution in [0.5, 0.6) is 0 Å². The molecule has 0 spiro atoms. The van der Waals surface area contributed by atoms with Crippen molar-refractivity contribution < 1.29 is 0 Å². The van der Waals surface area contributed by atoms with Crippen LogP contribution < -0.4 is 4.48 Å². The summed E-state index contributed by atoms with van der Waals surface area (Å²) < 4.78 is 0.578. The summed E-state index contributed by atoms with van der Waals surface area (Å²) >= 11 is 0. The van der Waals surface area contributed by atoms with Crippen molar-refractivity contribution in [3.63, 3.8) is 0 Å². The van der Waals surface area contributed by atoms with Gasteiger partial charge in [-0.05, 0) is 6.42 Å². The van der Waals surface area contributed by atoms with E-state index in [4.69, 9.17) is 18.5 Å². The van der Waals surface area contributed by atoms with Gasteiger partial charge >= 0.3 is 11.9 Å². The van der Waals surface area contributed by atoms with Gasteiger partial charge in [0.1, 0.15) is 5.69 Å². The van der Waals surface area contributed by atoms with Crippen molar-refractivity contribution in [2.45, 2.75) is 25.9 Å². The molecular weight excluding hydrogens is 250 g/mol. The lowest BCUT2D eigenvalue weighted by atomic mass is 10.1. The summed E-state index contributed by atoms with van der Waals surface area (Å²) in [6, 6.07) is 5.76. The highest BCUT2D eigenvalue weighted by molar-refractivity contribution is 5.62. The van der Waals surface area contributed by atoms with Crippen molar-refractivity contribution in [3.05, 3.63) is 51.6 Å². The molecule has 0 saturated carbocycles. The maximum Gasteiger partial charge on any atom is 0.401 e. The lowest BCUT2D eigenvalue weighted by Gasteiger charge is -2.13. The number of rotatable bonds is 5. The zero-order valence-corrected chi connectivity index (χ0v) is 11.6. The van der Waals surface area contributed by atoms with Crippen molar-refractivity contribution >= 4 is 11.4 Å². The molecule has 5 nitrogen and oxygen atoms in total. The van der Waals surface area contributed by atoms with Gasteiger partial charge in [-0.1, -0.05) is 13.3 Å². The third-order valence-corrected chi connectivity index (χ3v) is 3.89. The maximum atomic E-state index is 9.03. The van der Waals surface area contributed by atoms with E-state index in [0.717, 1.165) is 30.6 Å². The summed E-state index contributed by atoms with van der Waals surface area (Å²) in [4.78, 5) is 10.4. The predicted octanol–water partition coefficient (Wildman–Crippen LogP) is 3.61. The van der Waals surface area contributed by atoms with Gasteiger partial charge in [0.2, 0.25) is 11.9 Å². The minimum absolute atomic E-state index is 0.0665. The fraction of sp³-hybridized carbons (Fsp3) is 0.467. The second-order valence-electron chi connectivity index (χ2n) is 5.09. The number of quaternary nitrogens is 1. The van der Waals surface area contributed by atoms with Crippen molar-refractivity contribution in [1.29, 1.82) is 5.39 Å². The summed E-state index contributed by atoms with van der Waals surface area (Å²) in [5, 5.41) is 9.03. The van der Waals surface area contributed by atoms with Crippen LogP contribution in [-0.2, 0) is 6.42 Å². The molecule has 1 aromatic carbocycles. The van der Waals surface area contributed by atoms with Crippen LogP contribution in [0.1, 0.15) is 18.9 Å². The zero-order valence-electron chi connectivity index (χ0n) is 11.6. The number of diazo groups is 1. The van der Waals surface area contributed by atoms with Gasteiger partial charge in [0.25, 0.3) is 6.54 Å². The van der Waals surface area contributed by atoms with Crippen LogP contribution in [0.25, 0.3) is 14.7 Å². The first-order valence-electron chi connectivity index (χ1n) is 6.77. The third-order valence-electron chi connectivity index (χ3n) is 3.89. The first kappa shape index (κ1) is 14.0. The van der Waals surface area contributed by atoms with Gasteiger partial charge in [0, 0.05) is 18.2 Å². The van der Waals surface area contributed by atoms with E-state index in [0.29, 0.717) is 23.3 Å². The molecule has 0 aliphatic carbocycles. The van der Waals surface area contributed by atoms with Crippen LogP contribution in [0.4, 0.5) is 11.4 Å². The molecule has 1 aliphatic heterocycles. The molecule has 0 amide bonds. The number of aryl methyl sites for hydroxylation is 1. The Balaban J connectivity index is 2.37. The fourth-order valence-corrected chi connectivity index (χ4v) is 2.69. The molecule has 2 unspecified atom stereocenters. The Kier molecular flexibility index (Phi) is 3.99. The predicted molar refractivity (Wildman–Crippen MR) is 78.6 cm³/mol. The Morgan fingerprint density at radius 1 is 1.40 bits per heavy atom. The fourth-order valence-electron chi connectivity index (χ4n) is 2.69. The minimum atomic E-state index is -0.0665. The Morgan fingerprint density at radius 3 is 2.75 bits per heavy atom. The molecular formula is C15H17N5+2. The SMILES string of the molecule is [C-]#[N+]CC[N+]1(c2ccc([N+]#N)c(CCC)c2)CC1[N+]#[C-]. The van der Waals surface area contributed by atoms with Crippen LogP contribution in [0.15, 0.2) is 18.2 Å². The first-order valence-corrected chi connectivity index (χ1v) is 6.77. The molecule has 2 rings (SSSR count). The van der Waals surface area contributed by atoms with Gasteiger partial charge in [-0.15, -0.1) is 0 Å². The molecule has 1 saturated heterocycles. The highest BCUT2D eigenvalue weighted by atomic mass is 15.6. The summed E-state index contributed by atoms with van der Waals surface area (Å²) in [5.41, 5.74) is 2.66. The van der Waals surface area contributed by atoms with E-state index in [9.17, 15) is 0 Å². The van der Waals surface area contributed by atoms with E-state index in [1.165, 1.54) is 0 Å². The second-order valence-corrected chi connectivity index (χ2v) is 5.09. The Labute approximate surface area is 119 Å². The highest BCUT2D eigenvalue weighted by Gasteiger charge is 2.64. The van der Waals surface area contributed by atoms with Gasteiger partial charge in [0.15, 0.2) is 11.5 Å². The largest absolute Gasteiger partial charge is 0.401 e. The van der Waals surface area contributed by atoms with E-state index >= 15 is 0 Å². The van der Waals surface area contributed by atoms with Crippen molar-refractivity contribution in [1.82, 2.24) is 4.48 Å². The summed E-state index contributed by atoms with van der Waals surface area (Å²) in [6.07, 6.45) is 1.75. The van der Waals surface area contributed by atoms with Gasteiger partial charge < -0.3 is 4.85 Å². The molecule has 0 bridgehead atoms. The standard InChI is InChI=1S/C15H17N5/c1-4-5-12-10-13(6-7-14(12)19-16)20(9-8-17-2)11-15(20)18-3/h6-7,10,15H,4-5,8-9,11H2,1H3/q+2. The van der Waals surface area contributed by atoms with E-state index < -0.39 is 0 Å². The molecule has 2 atom stereocenters. The molecule has 0 N–H and O–H groups in total. The van der Waals surface area contributed by atoms with Crippen LogP contribution in [-0.4, -0.2) is 25.8 Å². The van der Waals surface area contributed by atoms with Gasteiger partial charge in [-0.3, -0.25) is 4.85 Å². The van der Waals surface area contributed by atoms with Crippen molar-refractivity contribution in [2.24, 2.45) is 0 Å². The van der Waals surface area contributed by atoms with Gasteiger partial charge in [-0.2, -0.15) is 4.48 Å². The lowest BCUT2D eigenvalue weighted by Crippen LogP contribution is -2.31. The van der Waals surface area contributed by atoms with Crippen molar-refractivity contribution in [2.75, 3.05) is 19.6 Å². The first-order chi connectivity index (χ1) is 9.71. The number of benzene rings is 1. The molecule has 20 heavy (non-hydrogen) atoms. The Hall–Kier alpha value is -2.42. The molecule has 5 heteroatoms. The smallest absolute Gasteiger partial charge is 0.311 e. The molecule has 0 radical (unpaired) electrons. The Morgan fingerprint density at radius 2 is 2.20 bits per heavy atom. The average molecular weight is 267 g/mol. The van der Waals surface area contributed by atoms with Crippen LogP contribution in [0.3, 0.4) is 0 Å². The van der Waals surface area contributed by atoms with Crippen LogP contribution in [0.2, 0.25) is 0 Å². The number of hydrogen-bond acceptors (Lipinski definition) is 1. The molecule has 1 aliphatic rings. The molecule has 1 heterocycles. The highest BCUT2D eigenvalue weighted by Crippen LogP contribution is 2.41. The molecule has 100 valence electrons. The van der Waals surface area contributed by atoms with Crippen LogP contribution >= 0.6 is 0 Å². The summed E-state index contributed by atoms with van der Waals surface area (Å²) in [5.74, 6) is 0. The third kappa shape index (κ3) is 2.35. The van der Waals surface area contributed by atoms with Gasteiger partial charge in [-0.25, -0.2) is 13.1 Å². The number of nitrogens with zero attached hydrogens (tertiary/aromatic N) is 5. The van der Waals surface area contributed by atoms with E-state index in [2.05, 4.69) is 21.6 Å². The molecule has 0 aromatic heterocycles. The molecule has 1 fully saturated rings.